The number of aromatic nitrogens is 1. The van der Waals surface area contributed by atoms with Crippen molar-refractivity contribution in [3.8, 4) is 0 Å². The fourth-order valence-electron chi connectivity index (χ4n) is 1.58. The highest BCUT2D eigenvalue weighted by molar-refractivity contribution is 9.10. The average molecular weight is 352 g/mol. The quantitative estimate of drug-likeness (QED) is 0.516. The van der Waals surface area contributed by atoms with Crippen LogP contribution in [0.15, 0.2) is 40.9 Å². The van der Waals surface area contributed by atoms with Gasteiger partial charge in [-0.2, -0.15) is 0 Å². The molecule has 0 aliphatic carbocycles. The van der Waals surface area contributed by atoms with Gasteiger partial charge in [-0.1, -0.05) is 15.9 Å². The van der Waals surface area contributed by atoms with Crippen LogP contribution in [0, 0.1) is 10.1 Å². The first kappa shape index (κ1) is 14.9. The lowest BCUT2D eigenvalue weighted by Crippen LogP contribution is -2.08. The Labute approximate surface area is 128 Å². The molecule has 0 bridgehead atoms. The Morgan fingerprint density at radius 2 is 1.95 bits per heavy atom. The summed E-state index contributed by atoms with van der Waals surface area (Å²) in [5.74, 6) is -0.686. The minimum Gasteiger partial charge on any atom is -0.464 e. The van der Waals surface area contributed by atoms with Crippen molar-refractivity contribution in [3.05, 3.63) is 56.7 Å². The number of hydrogen-bond donors (Lipinski definition) is 1. The van der Waals surface area contributed by atoms with Gasteiger partial charge in [0.2, 0.25) is 5.82 Å². The number of methoxy groups -OCH3 is 1. The van der Waals surface area contributed by atoms with Crippen LogP contribution in [-0.4, -0.2) is 23.0 Å². The second-order valence-corrected chi connectivity index (χ2v) is 4.86. The molecular formula is C13H10BrN3O4. The highest BCUT2D eigenvalue weighted by Gasteiger charge is 2.19. The van der Waals surface area contributed by atoms with Crippen LogP contribution in [-0.2, 0) is 4.74 Å². The molecule has 0 saturated heterocycles. The Kier molecular flexibility index (Phi) is 4.49. The Balaban J connectivity index is 2.40. The van der Waals surface area contributed by atoms with E-state index in [0.717, 1.165) is 4.47 Å². The highest BCUT2D eigenvalue weighted by Crippen LogP contribution is 2.26. The van der Waals surface area contributed by atoms with Gasteiger partial charge in [0.15, 0.2) is 5.69 Å². The fraction of sp³-hybridized carbons (Fsp3) is 0.0769. The molecule has 0 amide bonds. The van der Waals surface area contributed by atoms with E-state index in [-0.39, 0.29) is 17.2 Å². The Hall–Kier alpha value is -2.48. The minimum absolute atomic E-state index is 0.0114. The molecule has 2 rings (SSSR count). The van der Waals surface area contributed by atoms with Crippen LogP contribution in [0.1, 0.15) is 10.5 Å². The summed E-state index contributed by atoms with van der Waals surface area (Å²) < 4.78 is 5.43. The van der Waals surface area contributed by atoms with Crippen LogP contribution in [0.2, 0.25) is 0 Å². The van der Waals surface area contributed by atoms with Crippen molar-refractivity contribution in [1.29, 1.82) is 0 Å². The molecule has 2 aromatic rings. The van der Waals surface area contributed by atoms with Gasteiger partial charge < -0.3 is 10.1 Å². The average Bonchev–Trinajstić information content (AvgIpc) is 2.48. The molecule has 0 spiro atoms. The summed E-state index contributed by atoms with van der Waals surface area (Å²) in [5, 5.41) is 13.8. The van der Waals surface area contributed by atoms with E-state index in [4.69, 9.17) is 0 Å². The standard InChI is InChI=1S/C13H10BrN3O4/c1-21-13(18)10-6-7-11(17(19)20)12(16-10)15-9-4-2-8(14)3-5-9/h2-7H,1H3,(H,15,16). The third-order valence-electron chi connectivity index (χ3n) is 2.57. The van der Waals surface area contributed by atoms with Crippen molar-refractivity contribution < 1.29 is 14.5 Å². The van der Waals surface area contributed by atoms with Gasteiger partial charge >= 0.3 is 11.7 Å². The van der Waals surface area contributed by atoms with Gasteiger partial charge in [0.05, 0.1) is 12.0 Å². The number of halogens is 1. The van der Waals surface area contributed by atoms with Crippen LogP contribution in [0.5, 0.6) is 0 Å². The molecule has 21 heavy (non-hydrogen) atoms. The van der Waals surface area contributed by atoms with E-state index < -0.39 is 10.9 Å². The molecule has 0 radical (unpaired) electrons. The largest absolute Gasteiger partial charge is 0.464 e. The highest BCUT2D eigenvalue weighted by atomic mass is 79.9. The molecule has 8 heteroatoms. The molecule has 1 N–H and O–H groups in total. The molecule has 1 aromatic heterocycles. The summed E-state index contributed by atoms with van der Waals surface area (Å²) >= 11 is 3.30. The number of hydrogen-bond acceptors (Lipinski definition) is 6. The number of benzene rings is 1. The number of anilines is 2. The summed E-state index contributed by atoms with van der Waals surface area (Å²) in [6.07, 6.45) is 0. The van der Waals surface area contributed by atoms with Crippen molar-refractivity contribution >= 4 is 39.1 Å². The normalized spacial score (nSPS) is 10.0. The Morgan fingerprint density at radius 1 is 1.29 bits per heavy atom. The zero-order valence-corrected chi connectivity index (χ0v) is 12.5. The molecule has 0 atom stereocenters. The molecular weight excluding hydrogens is 342 g/mol. The Bertz CT molecular complexity index is 688. The van der Waals surface area contributed by atoms with Crippen molar-refractivity contribution in [2.24, 2.45) is 0 Å². The number of nitro groups is 1. The smallest absolute Gasteiger partial charge is 0.356 e. The van der Waals surface area contributed by atoms with E-state index in [1.54, 1.807) is 24.3 Å². The van der Waals surface area contributed by atoms with E-state index >= 15 is 0 Å². The molecule has 108 valence electrons. The lowest BCUT2D eigenvalue weighted by atomic mass is 10.3. The van der Waals surface area contributed by atoms with Gasteiger partial charge in [0.1, 0.15) is 0 Å². The van der Waals surface area contributed by atoms with Crippen molar-refractivity contribution in [2.75, 3.05) is 12.4 Å². The topological polar surface area (TPSA) is 94.4 Å². The first-order chi connectivity index (χ1) is 10.0. The summed E-state index contributed by atoms with van der Waals surface area (Å²) in [5.41, 5.74) is 0.365. The van der Waals surface area contributed by atoms with Gasteiger partial charge in [-0.15, -0.1) is 0 Å². The molecule has 0 unspecified atom stereocenters. The second-order valence-electron chi connectivity index (χ2n) is 3.94. The van der Waals surface area contributed by atoms with E-state index in [9.17, 15) is 14.9 Å². The number of nitrogens with zero attached hydrogens (tertiary/aromatic N) is 2. The maximum atomic E-state index is 11.5. The lowest BCUT2D eigenvalue weighted by Gasteiger charge is -2.07. The molecule has 0 fully saturated rings. The van der Waals surface area contributed by atoms with Crippen LogP contribution in [0.3, 0.4) is 0 Å². The third-order valence-corrected chi connectivity index (χ3v) is 3.10. The van der Waals surface area contributed by atoms with E-state index in [1.165, 1.54) is 19.2 Å². The summed E-state index contributed by atoms with van der Waals surface area (Å²) in [7, 11) is 1.22. The van der Waals surface area contributed by atoms with Gasteiger partial charge in [0.25, 0.3) is 0 Å². The van der Waals surface area contributed by atoms with Crippen LogP contribution in [0.25, 0.3) is 0 Å². The predicted molar refractivity (Wildman–Crippen MR) is 79.7 cm³/mol. The first-order valence-corrected chi connectivity index (χ1v) is 6.57. The maximum absolute atomic E-state index is 11.5. The fourth-order valence-corrected chi connectivity index (χ4v) is 1.84. The van der Waals surface area contributed by atoms with Gasteiger partial charge in [-0.3, -0.25) is 10.1 Å². The van der Waals surface area contributed by atoms with Crippen LogP contribution < -0.4 is 5.32 Å². The van der Waals surface area contributed by atoms with Crippen molar-refractivity contribution in [3.63, 3.8) is 0 Å². The first-order valence-electron chi connectivity index (χ1n) is 5.77. The SMILES string of the molecule is COC(=O)c1ccc([N+](=O)[O-])c(Nc2ccc(Br)cc2)n1. The lowest BCUT2D eigenvalue weighted by molar-refractivity contribution is -0.384. The minimum atomic E-state index is -0.663. The maximum Gasteiger partial charge on any atom is 0.356 e. The third kappa shape index (κ3) is 3.54. The molecule has 0 saturated carbocycles. The summed E-state index contributed by atoms with van der Waals surface area (Å²) in [4.78, 5) is 25.8. The van der Waals surface area contributed by atoms with Crippen LogP contribution in [0.4, 0.5) is 17.2 Å². The molecule has 7 nitrogen and oxygen atoms in total. The zero-order valence-electron chi connectivity index (χ0n) is 10.9. The number of rotatable bonds is 4. The molecule has 0 aliphatic heterocycles. The number of nitrogens with one attached hydrogen (secondary N) is 1. The van der Waals surface area contributed by atoms with E-state index in [1.807, 2.05) is 0 Å². The number of esters is 1. The number of pyridine rings is 1. The van der Waals surface area contributed by atoms with E-state index in [2.05, 4.69) is 31.0 Å². The number of carbonyl (C=O) groups excluding carboxylic acids is 1. The van der Waals surface area contributed by atoms with Gasteiger partial charge in [0, 0.05) is 16.2 Å². The molecule has 0 aliphatic rings. The van der Waals surface area contributed by atoms with Crippen molar-refractivity contribution in [1.82, 2.24) is 4.98 Å². The van der Waals surface area contributed by atoms with E-state index in [0.29, 0.717) is 5.69 Å². The second kappa shape index (κ2) is 6.31. The summed E-state index contributed by atoms with van der Waals surface area (Å²) in [6.45, 7) is 0. The molecule has 1 aromatic carbocycles. The van der Waals surface area contributed by atoms with Gasteiger partial charge in [-0.05, 0) is 30.3 Å². The predicted octanol–water partition coefficient (Wildman–Crippen LogP) is 3.28. The van der Waals surface area contributed by atoms with Gasteiger partial charge in [-0.25, -0.2) is 9.78 Å². The number of ether oxygens (including phenoxy) is 1. The summed E-state index contributed by atoms with van der Waals surface area (Å²) in [6, 6.07) is 9.45. The molecule has 1 heterocycles. The Morgan fingerprint density at radius 3 is 2.52 bits per heavy atom. The number of carbonyl (C=O) groups is 1. The monoisotopic (exact) mass is 351 g/mol. The van der Waals surface area contributed by atoms with Crippen molar-refractivity contribution in [2.45, 2.75) is 0 Å². The zero-order chi connectivity index (χ0) is 15.4. The van der Waals surface area contributed by atoms with Crippen LogP contribution >= 0.6 is 15.9 Å².